The Hall–Kier alpha value is -3.50. The number of nitrogens with two attached hydrogens (primary N) is 1. The minimum atomic E-state index is -5.62. The van der Waals surface area contributed by atoms with Gasteiger partial charge in [-0.3, -0.25) is 42.1 Å². The van der Waals surface area contributed by atoms with Crippen LogP contribution in [0.15, 0.2) is 12.7 Å². The molecule has 1 aliphatic rings. The normalized spacial score (nSPS) is 21.4. The van der Waals surface area contributed by atoms with Crippen LogP contribution in [0.5, 0.6) is 0 Å². The van der Waals surface area contributed by atoms with Gasteiger partial charge in [0.25, 0.3) is 0 Å². The fraction of sp³-hybridized carbons (Fsp3) is 0.600. The predicted molar refractivity (Wildman–Crippen MR) is 186 cm³/mol. The van der Waals surface area contributed by atoms with Gasteiger partial charge in [0.05, 0.1) is 19.5 Å². The molecule has 2 aromatic heterocycles. The molecule has 2 unspecified atom stereocenters. The van der Waals surface area contributed by atoms with Gasteiger partial charge >= 0.3 is 35.4 Å². The first-order chi connectivity index (χ1) is 26.2. The van der Waals surface area contributed by atoms with E-state index in [1.165, 1.54) is 13.8 Å². The molecular weight excluding hydrogens is 859 g/mol. The molecule has 7 atom stereocenters. The van der Waals surface area contributed by atoms with Crippen LogP contribution < -0.4 is 16.4 Å². The number of anilines is 1. The molecule has 0 aliphatic carbocycles. The molecule has 0 bridgehead atoms. The highest BCUT2D eigenvalue weighted by Crippen LogP contribution is 2.61. The predicted octanol–water partition coefficient (Wildman–Crippen LogP) is -2.55. The molecule has 3 rings (SSSR count). The summed E-state index contributed by atoms with van der Waals surface area (Å²) in [5.74, 6) is -7.94. The quantitative estimate of drug-likeness (QED) is 0.0329. The van der Waals surface area contributed by atoms with Crippen LogP contribution in [0.2, 0.25) is 0 Å². The van der Waals surface area contributed by atoms with E-state index < -0.39 is 108 Å². The Morgan fingerprint density at radius 3 is 2.25 bits per heavy atom. The van der Waals surface area contributed by atoms with Crippen LogP contribution in [-0.2, 0) is 60.3 Å². The highest BCUT2D eigenvalue weighted by molar-refractivity contribution is 8.13. The summed E-state index contributed by atoms with van der Waals surface area (Å²) in [6.45, 7) is -0.278. The number of phosphoric ester groups is 3. The van der Waals surface area contributed by atoms with Crippen molar-refractivity contribution in [3.63, 3.8) is 0 Å². The van der Waals surface area contributed by atoms with Gasteiger partial charge in [-0.2, -0.15) is 4.31 Å². The number of fused-ring (bicyclic) bond motifs is 1. The third kappa shape index (κ3) is 13.8. The first-order valence-corrected chi connectivity index (χ1v) is 21.3. The molecule has 57 heavy (non-hydrogen) atoms. The lowest BCUT2D eigenvalue weighted by Gasteiger charge is -2.30. The minimum Gasteiger partial charge on any atom is -0.480 e. The molecular formula is C25H38N7O21P3S. The summed E-state index contributed by atoms with van der Waals surface area (Å²) < 4.78 is 61.8. The van der Waals surface area contributed by atoms with Crippen LogP contribution in [0.1, 0.15) is 26.5 Å². The molecule has 2 amide bonds. The number of phosphoric acid groups is 3. The van der Waals surface area contributed by atoms with Crippen molar-refractivity contribution in [1.29, 1.82) is 0 Å². The topological polar surface area (TPSA) is 438 Å². The van der Waals surface area contributed by atoms with Crippen LogP contribution in [0.25, 0.3) is 11.2 Å². The van der Waals surface area contributed by atoms with Crippen molar-refractivity contribution in [2.45, 2.75) is 50.9 Å². The van der Waals surface area contributed by atoms with Crippen LogP contribution in [0.4, 0.5) is 5.82 Å². The number of imidazole rings is 1. The van der Waals surface area contributed by atoms with E-state index in [0.717, 1.165) is 17.2 Å². The minimum absolute atomic E-state index is 0.00553. The highest BCUT2D eigenvalue weighted by atomic mass is 32.2. The van der Waals surface area contributed by atoms with Gasteiger partial charge in [0.15, 0.2) is 17.7 Å². The molecule has 0 aromatic carbocycles. The lowest BCUT2D eigenvalue weighted by Crippen LogP contribution is -2.46. The van der Waals surface area contributed by atoms with E-state index in [-0.39, 0.29) is 42.2 Å². The number of carbonyl (C=O) groups is 5. The Kier molecular flexibility index (Phi) is 16.4. The summed E-state index contributed by atoms with van der Waals surface area (Å²) in [4.78, 5) is 109. The van der Waals surface area contributed by atoms with Gasteiger partial charge in [-0.25, -0.2) is 28.6 Å². The van der Waals surface area contributed by atoms with E-state index in [0.29, 0.717) is 11.8 Å². The number of nitrogens with one attached hydrogen (secondary N) is 2. The zero-order valence-corrected chi connectivity index (χ0v) is 32.9. The highest BCUT2D eigenvalue weighted by Gasteiger charge is 2.50. The Labute approximate surface area is 323 Å². The molecule has 3 heterocycles. The number of aliphatic hydroxyl groups is 2. The van der Waals surface area contributed by atoms with E-state index in [1.807, 2.05) is 0 Å². The van der Waals surface area contributed by atoms with Crippen molar-refractivity contribution in [3.8, 4) is 0 Å². The van der Waals surface area contributed by atoms with E-state index in [1.54, 1.807) is 0 Å². The van der Waals surface area contributed by atoms with Gasteiger partial charge in [-0.1, -0.05) is 25.6 Å². The summed E-state index contributed by atoms with van der Waals surface area (Å²) in [7, 11) is -16.5. The summed E-state index contributed by atoms with van der Waals surface area (Å²) >= 11 is 0.373. The maximum Gasteiger partial charge on any atom is 0.481 e. The number of carboxylic acid groups (broad SMARTS) is 2. The van der Waals surface area contributed by atoms with Gasteiger partial charge in [0, 0.05) is 30.7 Å². The zero-order chi connectivity index (χ0) is 43.1. The smallest absolute Gasteiger partial charge is 0.480 e. The van der Waals surface area contributed by atoms with Gasteiger partial charge in [-0.05, 0) is 0 Å². The number of nitrogens with zero attached hydrogens (tertiary/aromatic N) is 4. The summed E-state index contributed by atoms with van der Waals surface area (Å²) in [6, 6.07) is 0. The summed E-state index contributed by atoms with van der Waals surface area (Å²) in [5.41, 5.74) is 4.11. The average Bonchev–Trinajstić information content (AvgIpc) is 3.64. The molecule has 28 nitrogen and oxygen atoms in total. The molecule has 12 N–H and O–H groups in total. The first kappa shape index (κ1) is 47.9. The number of rotatable bonds is 22. The average molecular weight is 898 g/mol. The van der Waals surface area contributed by atoms with Crippen molar-refractivity contribution in [2.24, 2.45) is 11.3 Å². The number of amides is 2. The van der Waals surface area contributed by atoms with Crippen LogP contribution >= 0.6 is 35.2 Å². The second-order valence-electron chi connectivity index (χ2n) is 12.3. The first-order valence-electron chi connectivity index (χ1n) is 15.8. The maximum atomic E-state index is 12.6. The third-order valence-corrected chi connectivity index (χ3v) is 11.5. The van der Waals surface area contributed by atoms with E-state index in [9.17, 15) is 67.5 Å². The van der Waals surface area contributed by atoms with Gasteiger partial charge < -0.3 is 61.1 Å². The van der Waals surface area contributed by atoms with Crippen molar-refractivity contribution < 1.29 is 100 Å². The molecule has 0 radical (unpaired) electrons. The van der Waals surface area contributed by atoms with Crippen molar-refractivity contribution in [1.82, 2.24) is 30.2 Å². The number of hydrogen-bond donors (Lipinski definition) is 11. The molecule has 320 valence electrons. The maximum absolute atomic E-state index is 12.6. The second kappa shape index (κ2) is 19.5. The van der Waals surface area contributed by atoms with Crippen LogP contribution in [0.3, 0.4) is 0 Å². The van der Waals surface area contributed by atoms with E-state index in [4.69, 9.17) is 29.7 Å². The van der Waals surface area contributed by atoms with Gasteiger partial charge in [0.2, 0.25) is 22.8 Å². The number of nitrogen functional groups attached to an aromatic ring is 1. The summed E-state index contributed by atoms with van der Waals surface area (Å²) in [5, 5.41) is 42.4. The molecule has 0 spiro atoms. The SMILES string of the molecule is CC(C)(COP(=O)(O)OP(=O)(O)OC[C@H]1O[C@@H](n2cnc3c(N)ncnc32)[C@H](O)[C@@H]1OP(=O)(O)O)[C@@H](O)C(=O)NCCC(=O)NCCSC(=O)C(C(=O)O)C(=O)O. The van der Waals surface area contributed by atoms with Crippen molar-refractivity contribution in [3.05, 3.63) is 12.7 Å². The largest absolute Gasteiger partial charge is 0.481 e. The van der Waals surface area contributed by atoms with Crippen molar-refractivity contribution >= 4 is 81.1 Å². The number of thioether (sulfide) groups is 1. The summed E-state index contributed by atoms with van der Waals surface area (Å²) in [6.07, 6.45) is -7.36. The number of carboxylic acids is 2. The zero-order valence-electron chi connectivity index (χ0n) is 29.4. The Balaban J connectivity index is 1.49. The Bertz CT molecular complexity index is 1950. The number of hydrogen-bond acceptors (Lipinski definition) is 20. The second-order valence-corrected chi connectivity index (χ2v) is 17.7. The molecule has 1 saturated heterocycles. The third-order valence-electron chi connectivity index (χ3n) is 7.48. The molecule has 32 heteroatoms. The Morgan fingerprint density at radius 2 is 1.63 bits per heavy atom. The lowest BCUT2D eigenvalue weighted by atomic mass is 9.87. The fourth-order valence-corrected chi connectivity index (χ4v) is 8.28. The fourth-order valence-electron chi connectivity index (χ4n) is 4.67. The van der Waals surface area contributed by atoms with Crippen LogP contribution in [-0.4, -0.2) is 145 Å². The lowest BCUT2D eigenvalue weighted by molar-refractivity contribution is -0.156. The van der Waals surface area contributed by atoms with E-state index in [2.05, 4.69) is 34.4 Å². The number of aliphatic carboxylic acids is 2. The van der Waals surface area contributed by atoms with Crippen molar-refractivity contribution in [2.75, 3.05) is 37.8 Å². The Morgan fingerprint density at radius 1 is 1.00 bits per heavy atom. The number of ether oxygens (including phenoxy) is 1. The van der Waals surface area contributed by atoms with Gasteiger partial charge in [0.1, 0.15) is 36.3 Å². The monoisotopic (exact) mass is 897 g/mol. The number of aliphatic hydroxyl groups excluding tert-OH is 2. The number of carbonyl (C=O) groups excluding carboxylic acids is 3. The molecule has 1 fully saturated rings. The number of aromatic nitrogens is 4. The van der Waals surface area contributed by atoms with Gasteiger partial charge in [-0.15, -0.1) is 0 Å². The standard InChI is InChI=1S/C25H38N7O21P3S/c1-25(2,17(35)20(36)28-4-3-12(33)27-5-6-57-24(41)13(22(37)38)23(39)40)8-50-56(47,48)53-55(45,46)49-7-11-16(52-54(42,43)44)15(34)21(51-11)32-10-31-14-18(26)29-9-30-19(14)32/h9-11,13,15-17,21,34-35H,3-8H2,1-2H3,(H,27,33)(H,28,36)(H,37,38)(H,39,40)(H,45,46)(H,47,48)(H2,26,29,30)(H2,42,43,44)/t11-,15-,16-,17+,21-/m1/s1. The molecule has 2 aromatic rings. The molecule has 1 aliphatic heterocycles. The molecule has 0 saturated carbocycles. The van der Waals surface area contributed by atoms with E-state index >= 15 is 0 Å². The van der Waals surface area contributed by atoms with Crippen LogP contribution in [0, 0.1) is 11.3 Å².